The van der Waals surface area contributed by atoms with Crippen LogP contribution >= 0.6 is 0 Å². The van der Waals surface area contributed by atoms with Crippen LogP contribution in [0.1, 0.15) is 16.8 Å². The lowest BCUT2D eigenvalue weighted by Gasteiger charge is -2.21. The molecule has 0 aliphatic rings. The molecule has 5 aromatic rings. The Morgan fingerprint density at radius 3 is 2.22 bits per heavy atom. The van der Waals surface area contributed by atoms with E-state index >= 15 is 0 Å². The van der Waals surface area contributed by atoms with Crippen molar-refractivity contribution < 1.29 is 26.8 Å². The van der Waals surface area contributed by atoms with E-state index in [1.807, 2.05) is 66.7 Å². The fraction of sp³-hybridized carbons (Fsp3) is 0.156. The van der Waals surface area contributed by atoms with Crippen LogP contribution in [0.15, 0.2) is 101 Å². The van der Waals surface area contributed by atoms with Crippen molar-refractivity contribution in [2.24, 2.45) is 0 Å². The molecule has 1 heterocycles. The van der Waals surface area contributed by atoms with Gasteiger partial charge >= 0.3 is 0 Å². The highest BCUT2D eigenvalue weighted by atomic mass is 32.2. The van der Waals surface area contributed by atoms with E-state index in [0.29, 0.717) is 39.1 Å². The van der Waals surface area contributed by atoms with Gasteiger partial charge in [-0.05, 0) is 48.0 Å². The average Bonchev–Trinajstić information content (AvgIpc) is 3.35. The van der Waals surface area contributed by atoms with Crippen molar-refractivity contribution in [3.8, 4) is 28.2 Å². The number of para-hydroxylation sites is 1. The summed E-state index contributed by atoms with van der Waals surface area (Å²) >= 11 is 0. The predicted molar refractivity (Wildman–Crippen MR) is 159 cm³/mol. The first-order valence-corrected chi connectivity index (χ1v) is 15.0. The second kappa shape index (κ2) is 11.9. The quantitative estimate of drug-likeness (QED) is 0.198. The van der Waals surface area contributed by atoms with Gasteiger partial charge in [-0.15, -0.1) is 0 Å². The molecule has 0 bridgehead atoms. The lowest BCUT2D eigenvalue weighted by Crippen LogP contribution is -2.30. The fourth-order valence-electron chi connectivity index (χ4n) is 4.64. The highest BCUT2D eigenvalue weighted by molar-refractivity contribution is 7.91. The highest BCUT2D eigenvalue weighted by Crippen LogP contribution is 2.40. The molecule has 5 rings (SSSR count). The number of hydrogen-bond donors (Lipinski definition) is 2. The Balaban J connectivity index is 1.60. The van der Waals surface area contributed by atoms with Crippen molar-refractivity contribution in [1.82, 2.24) is 5.32 Å². The minimum Gasteiger partial charge on any atom is -0.493 e. The highest BCUT2D eigenvalue weighted by Gasteiger charge is 2.26. The molecule has 1 atom stereocenters. The summed E-state index contributed by atoms with van der Waals surface area (Å²) in [5, 5.41) is 5.44. The first kappa shape index (κ1) is 27.9. The number of sulfone groups is 1. The van der Waals surface area contributed by atoms with E-state index in [2.05, 4.69) is 10.6 Å². The van der Waals surface area contributed by atoms with Gasteiger partial charge in [0.2, 0.25) is 0 Å². The van der Waals surface area contributed by atoms with E-state index in [-0.39, 0.29) is 24.7 Å². The molecule has 41 heavy (non-hydrogen) atoms. The van der Waals surface area contributed by atoms with Gasteiger partial charge in [-0.25, -0.2) is 12.8 Å². The van der Waals surface area contributed by atoms with Gasteiger partial charge in [0, 0.05) is 48.0 Å². The van der Waals surface area contributed by atoms with Crippen LogP contribution in [0.4, 0.5) is 10.1 Å². The smallest absolute Gasteiger partial charge is 0.255 e. The summed E-state index contributed by atoms with van der Waals surface area (Å²) in [7, 11) is -2.03. The minimum atomic E-state index is -3.56. The largest absolute Gasteiger partial charge is 0.493 e. The third kappa shape index (κ3) is 6.25. The number of rotatable bonds is 10. The second-order valence-corrected chi connectivity index (χ2v) is 11.8. The third-order valence-corrected chi connectivity index (χ3v) is 8.09. The first-order chi connectivity index (χ1) is 19.7. The molecular formula is C32H29FN2O5S. The molecule has 1 unspecified atom stereocenters. The van der Waals surface area contributed by atoms with E-state index in [1.54, 1.807) is 18.2 Å². The molecule has 0 fully saturated rings. The molecule has 0 aliphatic heterocycles. The lowest BCUT2D eigenvalue weighted by molar-refractivity contribution is 0.0964. The number of hydrogen-bond acceptors (Lipinski definition) is 6. The number of anilines is 1. The molecule has 0 spiro atoms. The summed E-state index contributed by atoms with van der Waals surface area (Å²) in [5.74, 6) is 0.158. The molecule has 210 valence electrons. The Morgan fingerprint density at radius 2 is 1.59 bits per heavy atom. The number of fused-ring (bicyclic) bond motifs is 1. The summed E-state index contributed by atoms with van der Waals surface area (Å²) in [6.07, 6.45) is 1.36. The second-order valence-electron chi connectivity index (χ2n) is 9.56. The number of benzene rings is 4. The van der Waals surface area contributed by atoms with Crippen molar-refractivity contribution >= 4 is 32.4 Å². The maximum atomic E-state index is 13.7. The Morgan fingerprint density at radius 1 is 0.927 bits per heavy atom. The van der Waals surface area contributed by atoms with Gasteiger partial charge in [-0.1, -0.05) is 48.5 Å². The molecule has 0 saturated heterocycles. The molecule has 0 radical (unpaired) electrons. The van der Waals surface area contributed by atoms with Crippen molar-refractivity contribution in [3.63, 3.8) is 0 Å². The van der Waals surface area contributed by atoms with Crippen molar-refractivity contribution in [1.29, 1.82) is 0 Å². The zero-order valence-electron chi connectivity index (χ0n) is 22.6. The Hall–Kier alpha value is -4.63. The molecule has 1 amide bonds. The zero-order valence-corrected chi connectivity index (χ0v) is 23.4. The number of halogens is 1. The van der Waals surface area contributed by atoms with E-state index < -0.39 is 21.0 Å². The molecular weight excluding hydrogens is 543 g/mol. The Labute approximate surface area is 237 Å². The summed E-state index contributed by atoms with van der Waals surface area (Å²) in [4.78, 5) is 13.1. The molecule has 9 heteroatoms. The van der Waals surface area contributed by atoms with Crippen molar-refractivity contribution in [3.05, 3.63) is 108 Å². The maximum Gasteiger partial charge on any atom is 0.255 e. The molecule has 0 aliphatic carbocycles. The van der Waals surface area contributed by atoms with Crippen LogP contribution < -0.4 is 15.4 Å². The third-order valence-electron chi connectivity index (χ3n) is 6.70. The summed E-state index contributed by atoms with van der Waals surface area (Å²) in [5.41, 5.74) is 3.22. The number of nitrogens with one attached hydrogen (secondary N) is 2. The molecule has 2 N–H and O–H groups in total. The van der Waals surface area contributed by atoms with Crippen LogP contribution in [0.5, 0.6) is 5.75 Å². The van der Waals surface area contributed by atoms with Crippen molar-refractivity contribution in [2.75, 3.05) is 25.2 Å². The van der Waals surface area contributed by atoms with Crippen LogP contribution in [0.3, 0.4) is 0 Å². The molecule has 0 saturated carbocycles. The number of carbonyl (C=O) groups is 1. The average molecular weight is 573 g/mol. The van der Waals surface area contributed by atoms with Gasteiger partial charge in [0.1, 0.15) is 28.3 Å². The summed E-state index contributed by atoms with van der Waals surface area (Å²) < 4.78 is 51.3. The lowest BCUT2D eigenvalue weighted by atomic mass is 9.98. The topological polar surface area (TPSA) is 97.6 Å². The van der Waals surface area contributed by atoms with Crippen LogP contribution in [-0.2, 0) is 9.84 Å². The number of ether oxygens (including phenoxy) is 1. The van der Waals surface area contributed by atoms with E-state index in [4.69, 9.17) is 9.15 Å². The maximum absolute atomic E-state index is 13.7. The molecule has 4 aromatic carbocycles. The predicted octanol–water partition coefficient (Wildman–Crippen LogP) is 6.52. The Kier molecular flexibility index (Phi) is 8.07. The molecule has 1 aromatic heterocycles. The normalized spacial score (nSPS) is 12.2. The van der Waals surface area contributed by atoms with Crippen LogP contribution in [0.2, 0.25) is 0 Å². The Bertz CT molecular complexity index is 1770. The van der Waals surface area contributed by atoms with Gasteiger partial charge < -0.3 is 19.8 Å². The van der Waals surface area contributed by atoms with Gasteiger partial charge in [0.05, 0.1) is 12.2 Å². The minimum absolute atomic E-state index is 0.175. The van der Waals surface area contributed by atoms with Crippen LogP contribution in [0.25, 0.3) is 33.4 Å². The monoisotopic (exact) mass is 572 g/mol. The van der Waals surface area contributed by atoms with E-state index in [0.717, 1.165) is 5.56 Å². The van der Waals surface area contributed by atoms with Crippen LogP contribution in [-0.4, -0.2) is 39.6 Å². The van der Waals surface area contributed by atoms with Crippen LogP contribution in [0, 0.1) is 5.82 Å². The van der Waals surface area contributed by atoms with Gasteiger partial charge in [0.25, 0.3) is 5.91 Å². The number of carbonyl (C=O) groups excluding carboxylic acids is 1. The standard InChI is InChI=1S/C32H29FN2O5S/c1-34-32(36)30-26-19-25(21-9-5-3-6-10-21)27(20-28(26)40-31(30)22-13-15-23(33)16-14-22)35-29(41(2,37)38)17-18-39-24-11-7-4-8-12-24/h3-16,19-20,29,35H,17-18H2,1-2H3,(H,34,36). The van der Waals surface area contributed by atoms with Crippen molar-refractivity contribution in [2.45, 2.75) is 11.8 Å². The van der Waals surface area contributed by atoms with Gasteiger partial charge in [0.15, 0.2) is 9.84 Å². The fourth-order valence-corrected chi connectivity index (χ4v) is 5.51. The zero-order chi connectivity index (χ0) is 29.0. The van der Waals surface area contributed by atoms with Gasteiger partial charge in [-0.3, -0.25) is 4.79 Å². The van der Waals surface area contributed by atoms with Gasteiger partial charge in [-0.2, -0.15) is 0 Å². The first-order valence-electron chi connectivity index (χ1n) is 13.0. The molecule has 7 nitrogen and oxygen atoms in total. The van der Waals surface area contributed by atoms with E-state index in [1.165, 1.54) is 25.4 Å². The summed E-state index contributed by atoms with van der Waals surface area (Å²) in [6.45, 7) is 0.175. The summed E-state index contributed by atoms with van der Waals surface area (Å²) in [6, 6.07) is 27.8. The van der Waals surface area contributed by atoms with E-state index in [9.17, 15) is 17.6 Å². The SMILES string of the molecule is CNC(=O)c1c(-c2ccc(F)cc2)oc2cc(NC(CCOc3ccccc3)S(C)(=O)=O)c(-c3ccccc3)cc12. The number of furan rings is 1. The number of amides is 1.